The number of carbonyl (C=O) groups excluding carboxylic acids is 1. The third-order valence-electron chi connectivity index (χ3n) is 4.08. The molecule has 0 aliphatic heterocycles. The average Bonchev–Trinajstić information content (AvgIpc) is 2.50. The van der Waals surface area contributed by atoms with E-state index in [0.717, 1.165) is 17.5 Å². The lowest BCUT2D eigenvalue weighted by atomic mass is 9.78. The van der Waals surface area contributed by atoms with Gasteiger partial charge in [0.2, 0.25) is 0 Å². The third kappa shape index (κ3) is 4.70. The predicted octanol–water partition coefficient (Wildman–Crippen LogP) is 4.19. The largest absolute Gasteiger partial charge is 0.468 e. The third-order valence-corrected chi connectivity index (χ3v) is 4.08. The second kappa shape index (κ2) is 7.59. The van der Waals surface area contributed by atoms with Crippen molar-refractivity contribution in [1.29, 1.82) is 0 Å². The van der Waals surface area contributed by atoms with Gasteiger partial charge in [0, 0.05) is 6.61 Å². The summed E-state index contributed by atoms with van der Waals surface area (Å²) in [4.78, 5) is 12.3. The Hall–Kier alpha value is -1.61. The maximum atomic E-state index is 12.3. The van der Waals surface area contributed by atoms with E-state index in [-0.39, 0.29) is 11.6 Å². The van der Waals surface area contributed by atoms with Gasteiger partial charge in [0.15, 0.2) is 0 Å². The number of esters is 1. The van der Waals surface area contributed by atoms with Crippen molar-refractivity contribution in [2.75, 3.05) is 13.7 Å². The Morgan fingerprint density at radius 3 is 2.55 bits per heavy atom. The van der Waals surface area contributed by atoms with Crippen LogP contribution in [0.3, 0.4) is 0 Å². The van der Waals surface area contributed by atoms with Crippen LogP contribution in [0.2, 0.25) is 0 Å². The molecule has 1 aromatic rings. The minimum Gasteiger partial charge on any atom is -0.468 e. The predicted molar refractivity (Wildman–Crippen MR) is 90.0 cm³/mol. The summed E-state index contributed by atoms with van der Waals surface area (Å²) in [6, 6.07) is 8.03. The maximum absolute atomic E-state index is 12.3. The number of carbonyl (C=O) groups is 1. The van der Waals surface area contributed by atoms with E-state index in [0.29, 0.717) is 13.0 Å². The lowest BCUT2D eigenvalue weighted by Crippen LogP contribution is -2.34. The van der Waals surface area contributed by atoms with E-state index in [1.54, 1.807) is 6.08 Å². The van der Waals surface area contributed by atoms with Gasteiger partial charge in [0.1, 0.15) is 0 Å². The first-order valence-electron chi connectivity index (χ1n) is 7.68. The summed E-state index contributed by atoms with van der Waals surface area (Å²) in [5.74, 6) is -0.207. The minimum atomic E-state index is -0.650. The molecule has 0 saturated carbocycles. The fraction of sp³-hybridized carbons (Fsp3) is 0.526. The van der Waals surface area contributed by atoms with Gasteiger partial charge < -0.3 is 9.47 Å². The van der Waals surface area contributed by atoms with Crippen LogP contribution in [0.25, 0.3) is 0 Å². The molecule has 3 nitrogen and oxygen atoms in total. The normalized spacial score (nSPS) is 14.2. The molecule has 1 rings (SSSR count). The summed E-state index contributed by atoms with van der Waals surface area (Å²) in [7, 11) is 1.44. The topological polar surface area (TPSA) is 35.5 Å². The van der Waals surface area contributed by atoms with Crippen molar-refractivity contribution < 1.29 is 14.3 Å². The lowest BCUT2D eigenvalue weighted by molar-refractivity contribution is -0.147. The fourth-order valence-electron chi connectivity index (χ4n) is 2.40. The second-order valence-corrected chi connectivity index (χ2v) is 6.45. The number of benzene rings is 1. The van der Waals surface area contributed by atoms with Crippen LogP contribution in [0.1, 0.15) is 44.7 Å². The van der Waals surface area contributed by atoms with Crippen molar-refractivity contribution in [3.05, 3.63) is 48.0 Å². The quantitative estimate of drug-likeness (QED) is 0.410. The molecule has 0 aromatic heterocycles. The smallest absolute Gasteiger partial charge is 0.315 e. The van der Waals surface area contributed by atoms with Gasteiger partial charge in [-0.15, -0.1) is 6.58 Å². The first-order valence-corrected chi connectivity index (χ1v) is 7.68. The van der Waals surface area contributed by atoms with E-state index in [1.165, 1.54) is 7.11 Å². The SMILES string of the molecule is C=CC(C)(C)OCCCC(C)(C(=O)OC)c1cccc(C)c1. The molecule has 1 atom stereocenters. The van der Waals surface area contributed by atoms with Crippen LogP contribution in [0.15, 0.2) is 36.9 Å². The van der Waals surface area contributed by atoms with E-state index in [1.807, 2.05) is 52.0 Å². The first kappa shape index (κ1) is 18.4. The zero-order chi connectivity index (χ0) is 16.8. The number of ether oxygens (including phenoxy) is 2. The van der Waals surface area contributed by atoms with Gasteiger partial charge in [0.25, 0.3) is 0 Å². The van der Waals surface area contributed by atoms with E-state index < -0.39 is 5.41 Å². The van der Waals surface area contributed by atoms with Crippen LogP contribution in [-0.4, -0.2) is 25.3 Å². The molecule has 0 aliphatic rings. The van der Waals surface area contributed by atoms with E-state index in [4.69, 9.17) is 9.47 Å². The van der Waals surface area contributed by atoms with Crippen LogP contribution < -0.4 is 0 Å². The summed E-state index contributed by atoms with van der Waals surface area (Å²) >= 11 is 0. The van der Waals surface area contributed by atoms with Crippen LogP contribution in [0.5, 0.6) is 0 Å². The highest BCUT2D eigenvalue weighted by Crippen LogP contribution is 2.31. The van der Waals surface area contributed by atoms with Gasteiger partial charge in [-0.25, -0.2) is 0 Å². The standard InChI is InChI=1S/C19H28O3/c1-7-18(3,4)22-13-9-12-19(5,17(20)21-6)16-11-8-10-15(2)14-16/h7-8,10-11,14H,1,9,12-13H2,2-6H3. The van der Waals surface area contributed by atoms with Crippen molar-refractivity contribution >= 4 is 5.97 Å². The Morgan fingerprint density at radius 2 is 2.00 bits per heavy atom. The van der Waals surface area contributed by atoms with Crippen LogP contribution in [-0.2, 0) is 19.7 Å². The Bertz CT molecular complexity index is 519. The molecule has 0 heterocycles. The highest BCUT2D eigenvalue weighted by Gasteiger charge is 2.36. The Balaban J connectivity index is 2.81. The van der Waals surface area contributed by atoms with Crippen LogP contribution >= 0.6 is 0 Å². The molecular weight excluding hydrogens is 276 g/mol. The molecule has 0 bridgehead atoms. The van der Waals surface area contributed by atoms with Gasteiger partial charge in [0.05, 0.1) is 18.1 Å². The van der Waals surface area contributed by atoms with Crippen molar-refractivity contribution in [3.8, 4) is 0 Å². The fourth-order valence-corrected chi connectivity index (χ4v) is 2.40. The monoisotopic (exact) mass is 304 g/mol. The zero-order valence-electron chi connectivity index (χ0n) is 14.4. The molecule has 122 valence electrons. The number of aryl methyl sites for hydroxylation is 1. The molecule has 0 radical (unpaired) electrons. The highest BCUT2D eigenvalue weighted by molar-refractivity contribution is 5.82. The minimum absolute atomic E-state index is 0.207. The molecule has 0 N–H and O–H groups in total. The Labute approximate surface area is 134 Å². The Morgan fingerprint density at radius 1 is 1.32 bits per heavy atom. The highest BCUT2D eigenvalue weighted by atomic mass is 16.5. The zero-order valence-corrected chi connectivity index (χ0v) is 14.4. The molecule has 0 aliphatic carbocycles. The van der Waals surface area contributed by atoms with E-state index in [9.17, 15) is 4.79 Å². The van der Waals surface area contributed by atoms with E-state index in [2.05, 4.69) is 6.58 Å². The average molecular weight is 304 g/mol. The second-order valence-electron chi connectivity index (χ2n) is 6.45. The molecule has 22 heavy (non-hydrogen) atoms. The van der Waals surface area contributed by atoms with Crippen LogP contribution in [0.4, 0.5) is 0 Å². The van der Waals surface area contributed by atoms with E-state index >= 15 is 0 Å². The number of rotatable bonds is 8. The van der Waals surface area contributed by atoms with Gasteiger partial charge in [-0.1, -0.05) is 35.9 Å². The molecule has 3 heteroatoms. The summed E-state index contributed by atoms with van der Waals surface area (Å²) in [5.41, 5.74) is 1.13. The van der Waals surface area contributed by atoms with Gasteiger partial charge in [-0.2, -0.15) is 0 Å². The lowest BCUT2D eigenvalue weighted by Gasteiger charge is -2.28. The van der Waals surface area contributed by atoms with Gasteiger partial charge in [-0.3, -0.25) is 4.79 Å². The van der Waals surface area contributed by atoms with Gasteiger partial charge in [-0.05, 0) is 46.1 Å². The van der Waals surface area contributed by atoms with Crippen molar-refractivity contribution in [1.82, 2.24) is 0 Å². The number of hydrogen-bond donors (Lipinski definition) is 0. The summed E-state index contributed by atoms with van der Waals surface area (Å²) in [5, 5.41) is 0. The molecule has 0 fully saturated rings. The first-order chi connectivity index (χ1) is 10.2. The number of methoxy groups -OCH3 is 1. The maximum Gasteiger partial charge on any atom is 0.315 e. The van der Waals surface area contributed by atoms with Crippen molar-refractivity contribution in [2.24, 2.45) is 0 Å². The molecular formula is C19H28O3. The van der Waals surface area contributed by atoms with Crippen LogP contribution in [0, 0.1) is 6.92 Å². The summed E-state index contributed by atoms with van der Waals surface area (Å²) < 4.78 is 10.8. The summed E-state index contributed by atoms with van der Waals surface area (Å²) in [6.45, 7) is 12.2. The summed E-state index contributed by atoms with van der Waals surface area (Å²) in [6.07, 6.45) is 3.24. The molecule has 1 unspecified atom stereocenters. The Kier molecular flexibility index (Phi) is 6.36. The molecule has 1 aromatic carbocycles. The van der Waals surface area contributed by atoms with Gasteiger partial charge >= 0.3 is 5.97 Å². The molecule has 0 saturated heterocycles. The van der Waals surface area contributed by atoms with Crippen molar-refractivity contribution in [2.45, 2.75) is 51.6 Å². The molecule has 0 spiro atoms. The van der Waals surface area contributed by atoms with Crippen molar-refractivity contribution in [3.63, 3.8) is 0 Å². The molecule has 0 amide bonds. The number of hydrogen-bond acceptors (Lipinski definition) is 3.